The van der Waals surface area contributed by atoms with E-state index >= 15 is 0 Å². The third-order valence-corrected chi connectivity index (χ3v) is 3.21. The number of hydrogen-bond acceptors (Lipinski definition) is 2. The van der Waals surface area contributed by atoms with Crippen molar-refractivity contribution in [1.82, 2.24) is 4.98 Å². The molecule has 1 aromatic carbocycles. The molecule has 1 nitrogen and oxygen atoms in total. The van der Waals surface area contributed by atoms with Crippen molar-refractivity contribution in [3.63, 3.8) is 0 Å². The summed E-state index contributed by atoms with van der Waals surface area (Å²) in [5, 5.41) is 3.35. The van der Waals surface area contributed by atoms with Crippen LogP contribution in [0.1, 0.15) is 0 Å². The van der Waals surface area contributed by atoms with Gasteiger partial charge in [-0.05, 0) is 47.2 Å². The molecule has 71 valence electrons. The monoisotopic (exact) mass is 210 g/mol. The Morgan fingerprint density at radius 1 is 1.20 bits per heavy atom. The third-order valence-electron chi connectivity index (χ3n) is 2.33. The van der Waals surface area contributed by atoms with Crippen LogP contribution in [-0.2, 0) is 0 Å². The maximum atomic E-state index is 4.31. The first-order valence-electron chi connectivity index (χ1n) is 4.74. The van der Waals surface area contributed by atoms with Gasteiger partial charge in [0.1, 0.15) is 0 Å². The van der Waals surface area contributed by atoms with Crippen molar-refractivity contribution >= 4 is 21.4 Å². The molecule has 2 aromatic heterocycles. The van der Waals surface area contributed by atoms with Gasteiger partial charge in [0.2, 0.25) is 0 Å². The molecule has 3 rings (SSSR count). The lowest BCUT2D eigenvalue weighted by Gasteiger charge is -1.99. The molecule has 0 N–H and O–H groups in total. The Morgan fingerprint density at radius 3 is 3.07 bits per heavy atom. The van der Waals surface area contributed by atoms with E-state index in [1.807, 2.05) is 30.5 Å². The van der Waals surface area contributed by atoms with Crippen molar-refractivity contribution in [2.75, 3.05) is 0 Å². The normalized spacial score (nSPS) is 10.7. The maximum Gasteiger partial charge on any atom is 0.0708 e. The molecule has 15 heavy (non-hydrogen) atoms. The molecule has 0 saturated carbocycles. The molecule has 0 fully saturated rings. The van der Waals surface area contributed by atoms with Crippen molar-refractivity contribution in [2.24, 2.45) is 0 Å². The molecule has 0 spiro atoms. The van der Waals surface area contributed by atoms with E-state index in [0.717, 1.165) is 11.3 Å². The molecule has 0 aliphatic carbocycles. The number of benzene rings is 1. The fourth-order valence-electron chi connectivity index (χ4n) is 1.57. The Kier molecular flexibility index (Phi) is 2.00. The van der Waals surface area contributed by atoms with E-state index in [4.69, 9.17) is 0 Å². The first-order chi connectivity index (χ1) is 7.43. The number of rotatable bonds is 1. The topological polar surface area (TPSA) is 12.9 Å². The van der Waals surface area contributed by atoms with Crippen LogP contribution in [0.15, 0.2) is 48.0 Å². The lowest BCUT2D eigenvalue weighted by atomic mass is 10.1. The van der Waals surface area contributed by atoms with Crippen molar-refractivity contribution in [1.29, 1.82) is 0 Å². The van der Waals surface area contributed by atoms with E-state index in [-0.39, 0.29) is 0 Å². The summed E-state index contributed by atoms with van der Waals surface area (Å²) >= 11 is 1.75. The van der Waals surface area contributed by atoms with Crippen LogP contribution in [0, 0.1) is 6.07 Å². The average molecular weight is 210 g/mol. The zero-order valence-corrected chi connectivity index (χ0v) is 8.79. The molecular formula is C13H8NS. The second-order valence-electron chi connectivity index (χ2n) is 3.30. The first-order valence-corrected chi connectivity index (χ1v) is 5.62. The highest BCUT2D eigenvalue weighted by Crippen LogP contribution is 2.25. The van der Waals surface area contributed by atoms with E-state index in [1.165, 1.54) is 10.1 Å². The fourth-order valence-corrected chi connectivity index (χ4v) is 2.38. The van der Waals surface area contributed by atoms with Gasteiger partial charge in [-0.25, -0.2) is 0 Å². The summed E-state index contributed by atoms with van der Waals surface area (Å²) in [6.45, 7) is 0. The van der Waals surface area contributed by atoms with Crippen LogP contribution >= 0.6 is 11.3 Å². The zero-order valence-electron chi connectivity index (χ0n) is 7.97. The summed E-state index contributed by atoms with van der Waals surface area (Å²) in [4.78, 5) is 4.31. The number of aromatic nitrogens is 1. The fraction of sp³-hybridized carbons (Fsp3) is 0. The highest BCUT2D eigenvalue weighted by molar-refractivity contribution is 7.17. The van der Waals surface area contributed by atoms with Crippen LogP contribution < -0.4 is 0 Å². The molecule has 0 unspecified atom stereocenters. The molecule has 0 aliphatic heterocycles. The minimum Gasteiger partial charge on any atom is -0.256 e. The van der Waals surface area contributed by atoms with Gasteiger partial charge in [-0.3, -0.25) is 4.98 Å². The van der Waals surface area contributed by atoms with Crippen LogP contribution in [0.3, 0.4) is 0 Å². The number of thiophene rings is 1. The lowest BCUT2D eigenvalue weighted by Crippen LogP contribution is -1.80. The second-order valence-corrected chi connectivity index (χ2v) is 4.25. The Morgan fingerprint density at radius 2 is 2.20 bits per heavy atom. The highest BCUT2D eigenvalue weighted by atomic mass is 32.1. The number of pyridine rings is 1. The van der Waals surface area contributed by atoms with E-state index in [9.17, 15) is 0 Å². The minimum atomic E-state index is 0.979. The van der Waals surface area contributed by atoms with Crippen LogP contribution in [0.25, 0.3) is 21.3 Å². The van der Waals surface area contributed by atoms with Gasteiger partial charge in [-0.1, -0.05) is 6.07 Å². The van der Waals surface area contributed by atoms with Gasteiger partial charge < -0.3 is 0 Å². The largest absolute Gasteiger partial charge is 0.256 e. The Balaban J connectivity index is 2.19. The number of nitrogens with zero attached hydrogens (tertiary/aromatic N) is 1. The van der Waals surface area contributed by atoms with Crippen LogP contribution in [0.4, 0.5) is 0 Å². The summed E-state index contributed by atoms with van der Waals surface area (Å²) in [7, 11) is 0. The third kappa shape index (κ3) is 1.53. The van der Waals surface area contributed by atoms with E-state index in [0.29, 0.717) is 0 Å². The second kappa shape index (κ2) is 3.48. The minimum absolute atomic E-state index is 0.979. The van der Waals surface area contributed by atoms with Gasteiger partial charge in [0, 0.05) is 16.5 Å². The molecule has 2 heterocycles. The molecule has 0 atom stereocenters. The maximum absolute atomic E-state index is 4.31. The molecule has 0 saturated heterocycles. The van der Waals surface area contributed by atoms with Crippen molar-refractivity contribution in [3.8, 4) is 11.3 Å². The van der Waals surface area contributed by atoms with E-state index in [1.54, 1.807) is 11.3 Å². The summed E-state index contributed by atoms with van der Waals surface area (Å²) in [5.41, 5.74) is 2.04. The molecule has 2 heteroatoms. The van der Waals surface area contributed by atoms with Gasteiger partial charge in [0.25, 0.3) is 0 Å². The average Bonchev–Trinajstić information content (AvgIpc) is 2.77. The number of hydrogen-bond donors (Lipinski definition) is 0. The summed E-state index contributed by atoms with van der Waals surface area (Å²) in [6, 6.07) is 15.5. The van der Waals surface area contributed by atoms with E-state index in [2.05, 4.69) is 28.6 Å². The van der Waals surface area contributed by atoms with Gasteiger partial charge in [-0.15, -0.1) is 11.3 Å². The summed E-state index contributed by atoms with van der Waals surface area (Å²) < 4.78 is 1.29. The van der Waals surface area contributed by atoms with Gasteiger partial charge >= 0.3 is 0 Å². The van der Waals surface area contributed by atoms with Crippen molar-refractivity contribution in [2.45, 2.75) is 0 Å². The van der Waals surface area contributed by atoms with Crippen LogP contribution in [-0.4, -0.2) is 4.98 Å². The zero-order chi connectivity index (χ0) is 10.1. The van der Waals surface area contributed by atoms with Gasteiger partial charge in [-0.2, -0.15) is 0 Å². The summed E-state index contributed by atoms with van der Waals surface area (Å²) in [6.07, 6.45) is 1.81. The molecule has 0 bridgehead atoms. The predicted octanol–water partition coefficient (Wildman–Crippen LogP) is 3.76. The molecular weight excluding hydrogens is 202 g/mol. The molecule has 1 radical (unpaired) electrons. The Bertz CT molecular complexity index is 584. The summed E-state index contributed by atoms with van der Waals surface area (Å²) in [5.74, 6) is 0. The first kappa shape index (κ1) is 8.62. The van der Waals surface area contributed by atoms with E-state index < -0.39 is 0 Å². The Hall–Kier alpha value is -1.67. The highest BCUT2D eigenvalue weighted by Gasteiger charge is 2.00. The van der Waals surface area contributed by atoms with Crippen molar-refractivity contribution in [3.05, 3.63) is 54.0 Å². The lowest BCUT2D eigenvalue weighted by molar-refractivity contribution is 1.33. The van der Waals surface area contributed by atoms with Crippen LogP contribution in [0.2, 0.25) is 0 Å². The quantitative estimate of drug-likeness (QED) is 0.596. The SMILES string of the molecule is [c]1cc2ccsc2cc1-c1ccccn1. The van der Waals surface area contributed by atoms with Crippen LogP contribution in [0.5, 0.6) is 0 Å². The molecule has 3 aromatic rings. The van der Waals surface area contributed by atoms with Gasteiger partial charge in [0.05, 0.1) is 5.69 Å². The van der Waals surface area contributed by atoms with Crippen molar-refractivity contribution < 1.29 is 0 Å². The molecule has 0 aliphatic rings. The number of fused-ring (bicyclic) bond motifs is 1. The predicted molar refractivity (Wildman–Crippen MR) is 63.9 cm³/mol. The standard InChI is InChI=1S/C13H8NS/c1-2-7-14-12(3-1)11-5-4-10-6-8-15-13(10)9-11/h1-4,6-9H. The molecule has 0 amide bonds. The van der Waals surface area contributed by atoms with Gasteiger partial charge in [0.15, 0.2) is 0 Å². The smallest absolute Gasteiger partial charge is 0.0708 e. The Labute approximate surface area is 92.0 Å².